The average Bonchev–Trinajstić information content (AvgIpc) is 2.72. The number of carbonyl (C=O) groups is 3. The van der Waals surface area contributed by atoms with Gasteiger partial charge in [-0.15, -0.1) is 0 Å². The predicted octanol–water partition coefficient (Wildman–Crippen LogP) is 2.88. The minimum atomic E-state index is -0.689. The number of Topliss-reactive ketones (excluding diaryl/α,β-unsaturated/α-hetero) is 1. The first-order chi connectivity index (χ1) is 10.5. The highest BCUT2D eigenvalue weighted by Crippen LogP contribution is 2.32. The van der Waals surface area contributed by atoms with Crippen LogP contribution in [0.15, 0.2) is 30.4 Å². The maximum absolute atomic E-state index is 13.9. The first-order valence-electron chi connectivity index (χ1n) is 7.36. The van der Waals surface area contributed by atoms with Crippen LogP contribution in [0.3, 0.4) is 0 Å². The summed E-state index contributed by atoms with van der Waals surface area (Å²) in [5, 5.41) is 0. The van der Waals surface area contributed by atoms with Crippen LogP contribution in [-0.2, 0) is 4.79 Å². The topological polar surface area (TPSA) is 54.5 Å². The fourth-order valence-electron chi connectivity index (χ4n) is 3.16. The molecule has 0 spiro atoms. The van der Waals surface area contributed by atoms with E-state index < -0.39 is 23.7 Å². The van der Waals surface area contributed by atoms with Crippen molar-refractivity contribution in [1.29, 1.82) is 0 Å². The molecule has 1 aromatic rings. The molecule has 1 aromatic carbocycles. The largest absolute Gasteiger partial charge is 0.300 e. The third kappa shape index (κ3) is 2.26. The van der Waals surface area contributed by atoms with Crippen molar-refractivity contribution in [2.45, 2.75) is 38.1 Å². The van der Waals surface area contributed by atoms with Gasteiger partial charge < -0.3 is 0 Å². The Labute approximate surface area is 127 Å². The third-order valence-corrected chi connectivity index (χ3v) is 4.33. The Bertz CT molecular complexity index is 695. The minimum Gasteiger partial charge on any atom is -0.300 e. The number of carbonyl (C=O) groups excluding carboxylic acids is 3. The van der Waals surface area contributed by atoms with E-state index in [-0.39, 0.29) is 16.9 Å². The van der Waals surface area contributed by atoms with Crippen LogP contribution in [0, 0.1) is 5.82 Å². The van der Waals surface area contributed by atoms with Gasteiger partial charge in [-0.2, -0.15) is 0 Å². The van der Waals surface area contributed by atoms with Gasteiger partial charge in [0, 0.05) is 12.8 Å². The SMILES string of the molecule is C=C1CCCC(=O)CCC1N1C(=O)c2cccc(F)c2C1=O. The molecule has 1 atom stereocenters. The lowest BCUT2D eigenvalue weighted by atomic mass is 9.91. The van der Waals surface area contributed by atoms with Gasteiger partial charge in [0.1, 0.15) is 11.6 Å². The highest BCUT2D eigenvalue weighted by molar-refractivity contribution is 6.21. The highest BCUT2D eigenvalue weighted by Gasteiger charge is 2.42. The minimum absolute atomic E-state index is 0.0891. The second kappa shape index (κ2) is 5.48. The molecule has 1 aliphatic carbocycles. The van der Waals surface area contributed by atoms with E-state index >= 15 is 0 Å². The number of ketones is 1. The monoisotopic (exact) mass is 301 g/mol. The number of hydrogen-bond acceptors (Lipinski definition) is 3. The molecule has 2 aliphatic rings. The van der Waals surface area contributed by atoms with Crippen molar-refractivity contribution in [3.8, 4) is 0 Å². The maximum atomic E-state index is 13.9. The Hall–Kier alpha value is -2.30. The molecular weight excluding hydrogens is 285 g/mol. The lowest BCUT2D eigenvalue weighted by Crippen LogP contribution is -2.41. The number of imide groups is 1. The van der Waals surface area contributed by atoms with Crippen molar-refractivity contribution in [2.24, 2.45) is 0 Å². The molecule has 2 amide bonds. The van der Waals surface area contributed by atoms with Gasteiger partial charge in [0.05, 0.1) is 17.2 Å². The van der Waals surface area contributed by atoms with Gasteiger partial charge in [0.25, 0.3) is 11.8 Å². The number of rotatable bonds is 1. The third-order valence-electron chi connectivity index (χ3n) is 4.33. The molecule has 0 radical (unpaired) electrons. The molecule has 4 nitrogen and oxygen atoms in total. The van der Waals surface area contributed by atoms with Crippen LogP contribution < -0.4 is 0 Å². The van der Waals surface area contributed by atoms with Gasteiger partial charge in [-0.1, -0.05) is 18.2 Å². The second-order valence-electron chi connectivity index (χ2n) is 5.75. The molecule has 1 fully saturated rings. The summed E-state index contributed by atoms with van der Waals surface area (Å²) in [5.41, 5.74) is 0.669. The van der Waals surface area contributed by atoms with Crippen LogP contribution in [0.25, 0.3) is 0 Å². The summed E-state index contributed by atoms with van der Waals surface area (Å²) in [6, 6.07) is 3.51. The molecule has 22 heavy (non-hydrogen) atoms. The van der Waals surface area contributed by atoms with E-state index in [4.69, 9.17) is 0 Å². The molecule has 1 aliphatic heterocycles. The molecule has 1 heterocycles. The molecule has 114 valence electrons. The van der Waals surface area contributed by atoms with Crippen LogP contribution in [0.2, 0.25) is 0 Å². The fraction of sp³-hybridized carbons (Fsp3) is 0.353. The van der Waals surface area contributed by atoms with E-state index in [0.717, 1.165) is 10.5 Å². The van der Waals surface area contributed by atoms with Crippen LogP contribution >= 0.6 is 0 Å². The summed E-state index contributed by atoms with van der Waals surface area (Å²) < 4.78 is 13.9. The fourth-order valence-corrected chi connectivity index (χ4v) is 3.16. The Kier molecular flexibility index (Phi) is 3.64. The van der Waals surface area contributed by atoms with Crippen LogP contribution in [0.4, 0.5) is 4.39 Å². The van der Waals surface area contributed by atoms with Gasteiger partial charge >= 0.3 is 0 Å². The summed E-state index contributed by atoms with van der Waals surface area (Å²) in [6.07, 6.45) is 2.44. The Balaban J connectivity index is 1.96. The first-order valence-corrected chi connectivity index (χ1v) is 7.36. The molecule has 3 rings (SSSR count). The van der Waals surface area contributed by atoms with E-state index in [1.807, 2.05) is 0 Å². The number of halogens is 1. The summed E-state index contributed by atoms with van der Waals surface area (Å²) in [6.45, 7) is 3.97. The zero-order chi connectivity index (χ0) is 15.9. The molecule has 0 bridgehead atoms. The predicted molar refractivity (Wildman–Crippen MR) is 77.9 cm³/mol. The van der Waals surface area contributed by atoms with Crippen molar-refractivity contribution < 1.29 is 18.8 Å². The molecule has 1 saturated carbocycles. The van der Waals surface area contributed by atoms with Gasteiger partial charge in [-0.25, -0.2) is 4.39 Å². The smallest absolute Gasteiger partial charge is 0.265 e. The van der Waals surface area contributed by atoms with Crippen LogP contribution in [-0.4, -0.2) is 28.5 Å². The van der Waals surface area contributed by atoms with Crippen molar-refractivity contribution in [2.75, 3.05) is 0 Å². The molecule has 5 heteroatoms. The Morgan fingerprint density at radius 1 is 1.09 bits per heavy atom. The number of fused-ring (bicyclic) bond motifs is 1. The van der Waals surface area contributed by atoms with E-state index in [0.29, 0.717) is 32.1 Å². The van der Waals surface area contributed by atoms with E-state index in [2.05, 4.69) is 6.58 Å². The van der Waals surface area contributed by atoms with E-state index in [9.17, 15) is 18.8 Å². The summed E-state index contributed by atoms with van der Waals surface area (Å²) in [4.78, 5) is 37.7. The summed E-state index contributed by atoms with van der Waals surface area (Å²) in [7, 11) is 0. The maximum Gasteiger partial charge on any atom is 0.265 e. The lowest BCUT2D eigenvalue weighted by molar-refractivity contribution is -0.119. The van der Waals surface area contributed by atoms with Crippen LogP contribution in [0.5, 0.6) is 0 Å². The normalized spacial score (nSPS) is 22.6. The van der Waals surface area contributed by atoms with Gasteiger partial charge in [-0.3, -0.25) is 19.3 Å². The standard InChI is InChI=1S/C17H16FNO3/c1-10-4-2-5-11(20)8-9-14(10)19-16(21)12-6-3-7-13(18)15(12)17(19)22/h3,6-7,14H,1-2,4-5,8-9H2. The molecule has 0 aromatic heterocycles. The molecular formula is C17H16FNO3. The zero-order valence-electron chi connectivity index (χ0n) is 12.1. The molecule has 0 saturated heterocycles. The van der Waals surface area contributed by atoms with Crippen molar-refractivity contribution in [1.82, 2.24) is 4.90 Å². The zero-order valence-corrected chi connectivity index (χ0v) is 12.1. The molecule has 0 N–H and O–H groups in total. The van der Waals surface area contributed by atoms with Gasteiger partial charge in [0.15, 0.2) is 0 Å². The highest BCUT2D eigenvalue weighted by atomic mass is 19.1. The van der Waals surface area contributed by atoms with Gasteiger partial charge in [-0.05, 0) is 31.4 Å². The molecule has 1 unspecified atom stereocenters. The van der Waals surface area contributed by atoms with Gasteiger partial charge in [0.2, 0.25) is 0 Å². The van der Waals surface area contributed by atoms with Crippen molar-refractivity contribution in [3.05, 3.63) is 47.3 Å². The van der Waals surface area contributed by atoms with Crippen LogP contribution in [0.1, 0.15) is 52.8 Å². The van der Waals surface area contributed by atoms with E-state index in [1.165, 1.54) is 18.2 Å². The second-order valence-corrected chi connectivity index (χ2v) is 5.75. The lowest BCUT2D eigenvalue weighted by Gasteiger charge is -2.29. The number of nitrogens with zero attached hydrogens (tertiary/aromatic N) is 1. The summed E-state index contributed by atoms with van der Waals surface area (Å²) >= 11 is 0. The van der Waals surface area contributed by atoms with E-state index in [1.54, 1.807) is 0 Å². The Morgan fingerprint density at radius 3 is 2.59 bits per heavy atom. The Morgan fingerprint density at radius 2 is 1.86 bits per heavy atom. The average molecular weight is 301 g/mol. The quantitative estimate of drug-likeness (QED) is 0.592. The van der Waals surface area contributed by atoms with Crippen molar-refractivity contribution in [3.63, 3.8) is 0 Å². The van der Waals surface area contributed by atoms with Crippen molar-refractivity contribution >= 4 is 17.6 Å². The number of benzene rings is 1. The first kappa shape index (κ1) is 14.6. The number of amides is 2. The number of hydrogen-bond donors (Lipinski definition) is 0. The summed E-state index contributed by atoms with van der Waals surface area (Å²) in [5.74, 6) is -1.69.